The third kappa shape index (κ3) is 2.51. The van der Waals surface area contributed by atoms with Crippen LogP contribution in [0, 0.1) is 39.9 Å². The van der Waals surface area contributed by atoms with E-state index in [-0.39, 0.29) is 5.41 Å². The van der Waals surface area contributed by atoms with E-state index in [1.807, 2.05) is 0 Å². The largest absolute Gasteiger partial charge is 0.395 e. The number of carbonyl (C=O) groups is 1. The topological polar surface area (TPSA) is 64.7 Å². The molecular formula is C23H36N2O2. The summed E-state index contributed by atoms with van der Waals surface area (Å²) in [5, 5.41) is 4.46. The van der Waals surface area contributed by atoms with E-state index in [0.29, 0.717) is 35.7 Å². The molecular weight excluding hydrogens is 336 g/mol. The number of fused-ring (bicyclic) bond motifs is 6. The van der Waals surface area contributed by atoms with Crippen LogP contribution in [-0.4, -0.2) is 24.6 Å². The molecule has 6 atom stereocenters. The Morgan fingerprint density at radius 1 is 1.11 bits per heavy atom. The zero-order valence-electron chi connectivity index (χ0n) is 17.1. The van der Waals surface area contributed by atoms with Crippen LogP contribution in [-0.2, 0) is 9.63 Å². The van der Waals surface area contributed by atoms with E-state index in [0.717, 1.165) is 49.9 Å². The van der Waals surface area contributed by atoms with E-state index in [2.05, 4.69) is 19.0 Å². The molecule has 5 rings (SSSR count). The predicted octanol–water partition coefficient (Wildman–Crippen LogP) is 4.32. The molecule has 5 saturated carbocycles. The summed E-state index contributed by atoms with van der Waals surface area (Å²) in [5.41, 5.74) is 7.78. The first-order valence-corrected chi connectivity index (χ1v) is 11.3. The number of Topliss-reactive ketones (excluding diaryl/α,β-unsaturated/α-hetero) is 1. The lowest BCUT2D eigenvalue weighted by Gasteiger charge is -2.62. The zero-order valence-corrected chi connectivity index (χ0v) is 17.1. The van der Waals surface area contributed by atoms with Crippen LogP contribution in [0.1, 0.15) is 78.1 Å². The average molecular weight is 373 g/mol. The minimum Gasteiger partial charge on any atom is -0.395 e. The average Bonchev–Trinajstić information content (AvgIpc) is 3.34. The normalized spacial score (nSPS) is 48.9. The van der Waals surface area contributed by atoms with E-state index in [9.17, 15) is 4.79 Å². The van der Waals surface area contributed by atoms with Gasteiger partial charge in [-0.2, -0.15) is 0 Å². The minimum absolute atomic E-state index is 0.00219. The Hall–Kier alpha value is -0.900. The zero-order chi connectivity index (χ0) is 18.9. The number of hydrogen-bond donors (Lipinski definition) is 1. The molecule has 4 heteroatoms. The van der Waals surface area contributed by atoms with E-state index >= 15 is 0 Å². The van der Waals surface area contributed by atoms with Crippen molar-refractivity contribution in [3.05, 3.63) is 0 Å². The van der Waals surface area contributed by atoms with E-state index in [4.69, 9.17) is 10.6 Å². The molecule has 150 valence electrons. The Bertz CT molecular complexity index is 669. The van der Waals surface area contributed by atoms with Gasteiger partial charge in [0.25, 0.3) is 0 Å². The SMILES string of the molecule is C[C@]12CC/C(=N\OCCN)C[C@@H]1C1(CC1)C[C@@H]1[C@@H]2CC[C@]2(C)C(=O)CC[C@@H]12. The van der Waals surface area contributed by atoms with Crippen molar-refractivity contribution in [3.8, 4) is 0 Å². The maximum absolute atomic E-state index is 12.7. The third-order valence-corrected chi connectivity index (χ3v) is 9.86. The van der Waals surface area contributed by atoms with Gasteiger partial charge >= 0.3 is 0 Å². The maximum atomic E-state index is 12.7. The second-order valence-electron chi connectivity index (χ2n) is 10.9. The van der Waals surface area contributed by atoms with Crippen molar-refractivity contribution in [1.82, 2.24) is 0 Å². The van der Waals surface area contributed by atoms with E-state index in [1.165, 1.54) is 37.8 Å². The van der Waals surface area contributed by atoms with Gasteiger partial charge in [0, 0.05) is 18.4 Å². The van der Waals surface area contributed by atoms with Gasteiger partial charge in [-0.1, -0.05) is 19.0 Å². The molecule has 5 aliphatic rings. The lowest BCUT2D eigenvalue weighted by molar-refractivity contribution is -0.145. The molecule has 0 aliphatic heterocycles. The van der Waals surface area contributed by atoms with Gasteiger partial charge < -0.3 is 10.6 Å². The van der Waals surface area contributed by atoms with Crippen molar-refractivity contribution in [2.45, 2.75) is 78.1 Å². The van der Waals surface area contributed by atoms with Gasteiger partial charge in [-0.15, -0.1) is 0 Å². The number of ketones is 1. The number of nitrogens with two attached hydrogens (primary N) is 1. The summed E-state index contributed by atoms with van der Waals surface area (Å²) >= 11 is 0. The Morgan fingerprint density at radius 2 is 1.93 bits per heavy atom. The molecule has 1 spiro atoms. The summed E-state index contributed by atoms with van der Waals surface area (Å²) in [4.78, 5) is 18.1. The molecule has 5 fully saturated rings. The molecule has 0 unspecified atom stereocenters. The highest BCUT2D eigenvalue weighted by atomic mass is 16.6. The lowest BCUT2D eigenvalue weighted by Crippen LogP contribution is -2.57. The van der Waals surface area contributed by atoms with E-state index < -0.39 is 0 Å². The molecule has 0 saturated heterocycles. The van der Waals surface area contributed by atoms with Gasteiger partial charge in [-0.3, -0.25) is 4.79 Å². The first-order valence-electron chi connectivity index (χ1n) is 11.3. The smallest absolute Gasteiger partial charge is 0.139 e. The molecule has 0 bridgehead atoms. The fraction of sp³-hybridized carbons (Fsp3) is 0.913. The van der Waals surface area contributed by atoms with Crippen LogP contribution < -0.4 is 5.73 Å². The van der Waals surface area contributed by atoms with Crippen molar-refractivity contribution in [1.29, 1.82) is 0 Å². The number of oxime groups is 1. The van der Waals surface area contributed by atoms with Crippen LogP contribution in [0.4, 0.5) is 0 Å². The quantitative estimate of drug-likeness (QED) is 0.593. The molecule has 0 radical (unpaired) electrons. The second kappa shape index (κ2) is 6.05. The van der Waals surface area contributed by atoms with Crippen molar-refractivity contribution in [2.24, 2.45) is 50.8 Å². The molecule has 5 aliphatic carbocycles. The maximum Gasteiger partial charge on any atom is 0.139 e. The number of hydrogen-bond acceptors (Lipinski definition) is 4. The highest BCUT2D eigenvalue weighted by Gasteiger charge is 2.68. The molecule has 0 aromatic carbocycles. The Morgan fingerprint density at radius 3 is 2.67 bits per heavy atom. The summed E-state index contributed by atoms with van der Waals surface area (Å²) in [6, 6.07) is 0. The Labute approximate surface area is 163 Å². The first kappa shape index (κ1) is 18.1. The number of carbonyl (C=O) groups excluding carboxylic acids is 1. The van der Waals surface area contributed by atoms with Crippen LogP contribution >= 0.6 is 0 Å². The first-order chi connectivity index (χ1) is 12.9. The van der Waals surface area contributed by atoms with Crippen LogP contribution in [0.3, 0.4) is 0 Å². The number of rotatable bonds is 3. The molecule has 4 nitrogen and oxygen atoms in total. The fourth-order valence-electron chi connectivity index (χ4n) is 8.28. The van der Waals surface area contributed by atoms with Crippen molar-refractivity contribution >= 4 is 11.5 Å². The van der Waals surface area contributed by atoms with Crippen LogP contribution in [0.25, 0.3) is 0 Å². The van der Waals surface area contributed by atoms with Gasteiger partial charge in [0.15, 0.2) is 0 Å². The summed E-state index contributed by atoms with van der Waals surface area (Å²) in [6.45, 7) is 5.96. The summed E-state index contributed by atoms with van der Waals surface area (Å²) < 4.78 is 0. The lowest BCUT2D eigenvalue weighted by atomic mass is 9.42. The van der Waals surface area contributed by atoms with Crippen molar-refractivity contribution in [3.63, 3.8) is 0 Å². The van der Waals surface area contributed by atoms with E-state index in [1.54, 1.807) is 0 Å². The number of nitrogens with zero attached hydrogens (tertiary/aromatic N) is 1. The Balaban J connectivity index is 1.43. The van der Waals surface area contributed by atoms with Crippen LogP contribution in [0.5, 0.6) is 0 Å². The predicted molar refractivity (Wildman–Crippen MR) is 106 cm³/mol. The van der Waals surface area contributed by atoms with Gasteiger partial charge in [-0.05, 0) is 92.3 Å². The second-order valence-corrected chi connectivity index (χ2v) is 10.9. The molecule has 2 N–H and O–H groups in total. The summed E-state index contributed by atoms with van der Waals surface area (Å²) in [7, 11) is 0. The summed E-state index contributed by atoms with van der Waals surface area (Å²) in [6.07, 6.45) is 12.0. The fourth-order valence-corrected chi connectivity index (χ4v) is 8.28. The molecule has 0 aromatic rings. The van der Waals surface area contributed by atoms with Crippen LogP contribution in [0.2, 0.25) is 0 Å². The highest BCUT2D eigenvalue weighted by molar-refractivity contribution is 5.87. The monoisotopic (exact) mass is 372 g/mol. The van der Waals surface area contributed by atoms with Crippen LogP contribution in [0.15, 0.2) is 5.16 Å². The van der Waals surface area contributed by atoms with Gasteiger partial charge in [0.1, 0.15) is 12.4 Å². The molecule has 0 heterocycles. The van der Waals surface area contributed by atoms with Crippen molar-refractivity contribution < 1.29 is 9.63 Å². The molecule has 0 amide bonds. The molecule has 27 heavy (non-hydrogen) atoms. The highest BCUT2D eigenvalue weighted by Crippen LogP contribution is 2.75. The van der Waals surface area contributed by atoms with Gasteiger partial charge in [0.2, 0.25) is 0 Å². The van der Waals surface area contributed by atoms with Gasteiger partial charge in [-0.25, -0.2) is 0 Å². The Kier molecular flexibility index (Phi) is 4.06. The van der Waals surface area contributed by atoms with Crippen molar-refractivity contribution in [2.75, 3.05) is 13.2 Å². The standard InChI is InChI=1S/C23H36N2O2/c1-21-7-5-15(25-27-12-11-24)13-19(21)23(9-10-23)14-16-17-3-4-20(26)22(17,2)8-6-18(16)21/h16-19H,3-14,24H2,1-2H3/b25-15+/t16-,17-,18-,19-,21+,22-/m0/s1. The third-order valence-electron chi connectivity index (χ3n) is 9.86. The van der Waals surface area contributed by atoms with Gasteiger partial charge in [0.05, 0.1) is 5.71 Å². The molecule has 0 aromatic heterocycles. The summed E-state index contributed by atoms with van der Waals surface area (Å²) in [5.74, 6) is 3.58. The minimum atomic E-state index is -0.00219.